The number of thiophene rings is 1. The van der Waals surface area contributed by atoms with Crippen molar-refractivity contribution in [1.29, 1.82) is 0 Å². The lowest BCUT2D eigenvalue weighted by Crippen LogP contribution is -2.25. The molecular formula is C16H25NS. The highest BCUT2D eigenvalue weighted by Gasteiger charge is 2.25. The number of aryl methyl sites for hydroxylation is 2. The van der Waals surface area contributed by atoms with E-state index in [-0.39, 0.29) is 0 Å². The molecule has 0 aromatic carbocycles. The highest BCUT2D eigenvalue weighted by atomic mass is 32.1. The van der Waals surface area contributed by atoms with E-state index < -0.39 is 0 Å². The van der Waals surface area contributed by atoms with E-state index >= 15 is 0 Å². The van der Waals surface area contributed by atoms with Crippen molar-refractivity contribution in [2.75, 3.05) is 6.54 Å². The van der Waals surface area contributed by atoms with E-state index in [4.69, 9.17) is 0 Å². The van der Waals surface area contributed by atoms with Crippen molar-refractivity contribution in [3.8, 4) is 0 Å². The van der Waals surface area contributed by atoms with Crippen LogP contribution in [-0.2, 0) is 12.8 Å². The number of nitrogens with one attached hydrogen (secondary N) is 1. The summed E-state index contributed by atoms with van der Waals surface area (Å²) in [5.41, 5.74) is 1.66. The summed E-state index contributed by atoms with van der Waals surface area (Å²) >= 11 is 2.10. The summed E-state index contributed by atoms with van der Waals surface area (Å²) < 4.78 is 0. The third-order valence-corrected chi connectivity index (χ3v) is 5.95. The summed E-state index contributed by atoms with van der Waals surface area (Å²) in [7, 11) is 0. The van der Waals surface area contributed by atoms with Crippen LogP contribution in [0.2, 0.25) is 0 Å². The van der Waals surface area contributed by atoms with Crippen molar-refractivity contribution in [3.63, 3.8) is 0 Å². The van der Waals surface area contributed by atoms with Crippen LogP contribution < -0.4 is 5.32 Å². The zero-order chi connectivity index (χ0) is 12.4. The van der Waals surface area contributed by atoms with Crippen LogP contribution in [0.4, 0.5) is 0 Å². The van der Waals surface area contributed by atoms with Crippen molar-refractivity contribution in [2.45, 2.75) is 64.3 Å². The molecule has 1 saturated carbocycles. The summed E-state index contributed by atoms with van der Waals surface area (Å²) in [5.74, 6) is 0.994. The second kappa shape index (κ2) is 5.75. The third-order valence-electron chi connectivity index (χ3n) is 4.60. The van der Waals surface area contributed by atoms with E-state index in [0.717, 1.165) is 12.5 Å². The lowest BCUT2D eigenvalue weighted by molar-refractivity contribution is 0.263. The summed E-state index contributed by atoms with van der Waals surface area (Å²) in [6, 6.07) is 3.15. The van der Waals surface area contributed by atoms with Gasteiger partial charge in [-0.05, 0) is 56.2 Å². The van der Waals surface area contributed by atoms with Gasteiger partial charge < -0.3 is 5.32 Å². The summed E-state index contributed by atoms with van der Waals surface area (Å²) in [6.45, 7) is 3.33. The van der Waals surface area contributed by atoms with Crippen molar-refractivity contribution in [1.82, 2.24) is 5.32 Å². The molecule has 1 atom stereocenters. The second-order valence-electron chi connectivity index (χ2n) is 5.95. The lowest BCUT2D eigenvalue weighted by atomic mass is 9.80. The highest BCUT2D eigenvalue weighted by Crippen LogP contribution is 2.39. The molecule has 18 heavy (non-hydrogen) atoms. The average molecular weight is 263 g/mol. The molecule has 0 radical (unpaired) electrons. The predicted octanol–water partition coefficient (Wildman–Crippen LogP) is 4.47. The fraction of sp³-hybridized carbons (Fsp3) is 0.750. The minimum Gasteiger partial charge on any atom is -0.310 e. The summed E-state index contributed by atoms with van der Waals surface area (Å²) in [6.07, 6.45) is 11.2. The van der Waals surface area contributed by atoms with E-state index in [1.807, 2.05) is 0 Å². The molecule has 2 aliphatic rings. The first-order chi connectivity index (χ1) is 8.86. The van der Waals surface area contributed by atoms with Crippen LogP contribution in [0, 0.1) is 5.92 Å². The lowest BCUT2D eigenvalue weighted by Gasteiger charge is -2.29. The first kappa shape index (κ1) is 12.7. The molecule has 1 aromatic rings. The third kappa shape index (κ3) is 2.65. The van der Waals surface area contributed by atoms with Gasteiger partial charge in [-0.25, -0.2) is 0 Å². The normalized spacial score (nSPS) is 21.4. The maximum Gasteiger partial charge on any atom is 0.0417 e. The van der Waals surface area contributed by atoms with Gasteiger partial charge in [-0.15, -0.1) is 11.3 Å². The Morgan fingerprint density at radius 1 is 1.28 bits per heavy atom. The summed E-state index contributed by atoms with van der Waals surface area (Å²) in [5, 5.41) is 3.72. The van der Waals surface area contributed by atoms with Crippen molar-refractivity contribution < 1.29 is 0 Å². The van der Waals surface area contributed by atoms with Crippen LogP contribution in [-0.4, -0.2) is 6.54 Å². The van der Waals surface area contributed by atoms with E-state index in [1.165, 1.54) is 51.4 Å². The van der Waals surface area contributed by atoms with E-state index in [1.54, 1.807) is 15.3 Å². The fourth-order valence-corrected chi connectivity index (χ4v) is 4.64. The van der Waals surface area contributed by atoms with Gasteiger partial charge >= 0.3 is 0 Å². The second-order valence-corrected chi connectivity index (χ2v) is 7.12. The SMILES string of the molecule is CCNC(CC1CCC1)c1cc2c(s1)CCCC2. The minimum atomic E-state index is 0.635. The molecule has 1 nitrogen and oxygen atoms in total. The van der Waals surface area contributed by atoms with Crippen LogP contribution in [0.1, 0.15) is 66.8 Å². The largest absolute Gasteiger partial charge is 0.310 e. The van der Waals surface area contributed by atoms with Crippen molar-refractivity contribution in [2.24, 2.45) is 5.92 Å². The summed E-state index contributed by atoms with van der Waals surface area (Å²) in [4.78, 5) is 3.31. The molecule has 0 saturated heterocycles. The maximum absolute atomic E-state index is 3.72. The van der Waals surface area contributed by atoms with Crippen LogP contribution in [0.25, 0.3) is 0 Å². The Bertz CT molecular complexity index is 368. The molecule has 100 valence electrons. The topological polar surface area (TPSA) is 12.0 Å². The van der Waals surface area contributed by atoms with Gasteiger partial charge in [0.25, 0.3) is 0 Å². The Kier molecular flexibility index (Phi) is 4.05. The molecule has 1 N–H and O–H groups in total. The molecule has 0 spiro atoms. The van der Waals surface area contributed by atoms with Crippen LogP contribution in [0.5, 0.6) is 0 Å². The highest BCUT2D eigenvalue weighted by molar-refractivity contribution is 7.12. The van der Waals surface area contributed by atoms with E-state index in [0.29, 0.717) is 6.04 Å². The average Bonchev–Trinajstić information content (AvgIpc) is 2.75. The van der Waals surface area contributed by atoms with E-state index in [2.05, 4.69) is 29.6 Å². The number of hydrogen-bond donors (Lipinski definition) is 1. The fourth-order valence-electron chi connectivity index (χ4n) is 3.29. The van der Waals surface area contributed by atoms with Gasteiger partial charge in [0.05, 0.1) is 0 Å². The van der Waals surface area contributed by atoms with Gasteiger partial charge in [-0.2, -0.15) is 0 Å². The van der Waals surface area contributed by atoms with Gasteiger partial charge in [0.2, 0.25) is 0 Å². The van der Waals surface area contributed by atoms with Crippen LogP contribution >= 0.6 is 11.3 Å². The Hall–Kier alpha value is -0.340. The molecule has 0 amide bonds. The van der Waals surface area contributed by atoms with Gasteiger partial charge in [-0.1, -0.05) is 26.2 Å². The van der Waals surface area contributed by atoms with Gasteiger partial charge in [0, 0.05) is 15.8 Å². The maximum atomic E-state index is 3.72. The minimum absolute atomic E-state index is 0.635. The molecule has 1 aromatic heterocycles. The molecular weight excluding hydrogens is 238 g/mol. The zero-order valence-corrected chi connectivity index (χ0v) is 12.3. The van der Waals surface area contributed by atoms with Gasteiger partial charge in [0.1, 0.15) is 0 Å². The Morgan fingerprint density at radius 3 is 2.78 bits per heavy atom. The van der Waals surface area contributed by atoms with E-state index in [9.17, 15) is 0 Å². The van der Waals surface area contributed by atoms with Crippen LogP contribution in [0.15, 0.2) is 6.07 Å². The quantitative estimate of drug-likeness (QED) is 0.826. The standard InChI is InChI=1S/C16H25NS/c1-2-17-14(10-12-6-5-7-12)16-11-13-8-3-4-9-15(13)18-16/h11-12,14,17H,2-10H2,1H3. The van der Waals surface area contributed by atoms with Crippen molar-refractivity contribution >= 4 is 11.3 Å². The number of rotatable bonds is 5. The smallest absolute Gasteiger partial charge is 0.0417 e. The van der Waals surface area contributed by atoms with Gasteiger partial charge in [0.15, 0.2) is 0 Å². The Balaban J connectivity index is 1.73. The first-order valence-electron chi connectivity index (χ1n) is 7.71. The van der Waals surface area contributed by atoms with Gasteiger partial charge in [-0.3, -0.25) is 0 Å². The predicted molar refractivity (Wildman–Crippen MR) is 79.3 cm³/mol. The molecule has 1 fully saturated rings. The molecule has 0 bridgehead atoms. The number of fused-ring (bicyclic) bond motifs is 1. The molecule has 0 aliphatic heterocycles. The first-order valence-corrected chi connectivity index (χ1v) is 8.53. The molecule has 2 aliphatic carbocycles. The van der Waals surface area contributed by atoms with Crippen LogP contribution in [0.3, 0.4) is 0 Å². The molecule has 1 unspecified atom stereocenters. The Morgan fingerprint density at radius 2 is 2.11 bits per heavy atom. The zero-order valence-electron chi connectivity index (χ0n) is 11.5. The Labute approximate surface area is 115 Å². The molecule has 3 rings (SSSR count). The number of hydrogen-bond acceptors (Lipinski definition) is 2. The van der Waals surface area contributed by atoms with Crippen molar-refractivity contribution in [3.05, 3.63) is 21.4 Å². The molecule has 1 heterocycles. The monoisotopic (exact) mass is 263 g/mol. The molecule has 2 heteroatoms.